The van der Waals surface area contributed by atoms with Crippen LogP contribution in [0.1, 0.15) is 52.4 Å². The van der Waals surface area contributed by atoms with Gasteiger partial charge >= 0.3 is 5.97 Å². The molecular formula is C16H24O6. The zero-order chi connectivity index (χ0) is 15.5. The Morgan fingerprint density at radius 2 is 2.09 bits per heavy atom. The SMILES string of the molecule is CC1C(CC(=O)O)OC2OC3(C)CCC4CCCC1C42OO3. The average Bonchev–Trinajstić information content (AvgIpc) is 2.69. The first-order valence-electron chi connectivity index (χ1n) is 8.36. The summed E-state index contributed by atoms with van der Waals surface area (Å²) in [7, 11) is 0. The Morgan fingerprint density at radius 3 is 2.86 bits per heavy atom. The van der Waals surface area contributed by atoms with Gasteiger partial charge in [0.1, 0.15) is 0 Å². The van der Waals surface area contributed by atoms with E-state index in [1.165, 1.54) is 0 Å². The number of carboxylic acid groups (broad SMARTS) is 1. The highest BCUT2D eigenvalue weighted by Gasteiger charge is 2.68. The van der Waals surface area contributed by atoms with Gasteiger partial charge in [-0.3, -0.25) is 4.79 Å². The maximum Gasteiger partial charge on any atom is 0.305 e. The summed E-state index contributed by atoms with van der Waals surface area (Å²) >= 11 is 0. The van der Waals surface area contributed by atoms with E-state index in [0.717, 1.165) is 32.1 Å². The van der Waals surface area contributed by atoms with E-state index in [2.05, 4.69) is 6.92 Å². The molecule has 7 atom stereocenters. The summed E-state index contributed by atoms with van der Waals surface area (Å²) in [5, 5.41) is 9.16. The smallest absolute Gasteiger partial charge is 0.305 e. The van der Waals surface area contributed by atoms with Crippen LogP contribution in [0.2, 0.25) is 0 Å². The van der Waals surface area contributed by atoms with Crippen molar-refractivity contribution in [3.05, 3.63) is 0 Å². The maximum absolute atomic E-state index is 11.2. The lowest BCUT2D eigenvalue weighted by molar-refractivity contribution is -0.569. The number of ether oxygens (including phenoxy) is 2. The molecule has 2 bridgehead atoms. The fraction of sp³-hybridized carbons (Fsp3) is 0.938. The topological polar surface area (TPSA) is 74.2 Å². The highest BCUT2D eigenvalue weighted by atomic mass is 17.3. The highest BCUT2D eigenvalue weighted by Crippen LogP contribution is 2.59. The average molecular weight is 312 g/mol. The van der Waals surface area contributed by atoms with Gasteiger partial charge in [0.25, 0.3) is 0 Å². The van der Waals surface area contributed by atoms with Gasteiger partial charge in [0.05, 0.1) is 12.5 Å². The van der Waals surface area contributed by atoms with Crippen molar-refractivity contribution in [3.63, 3.8) is 0 Å². The molecule has 5 aliphatic rings. The Kier molecular flexibility index (Phi) is 3.31. The standard InChI is InChI=1S/C16H24O6/c1-9-11-5-3-4-10-6-7-15(2)20-14(16(10,11)22-21-15)19-12(9)8-13(17)18/h9-12,14H,3-8H2,1-2H3,(H,17,18). The van der Waals surface area contributed by atoms with E-state index < -0.39 is 23.6 Å². The summed E-state index contributed by atoms with van der Waals surface area (Å²) in [5.74, 6) is -0.926. The van der Waals surface area contributed by atoms with Crippen LogP contribution >= 0.6 is 0 Å². The third-order valence-corrected chi connectivity index (χ3v) is 6.21. The lowest BCUT2D eigenvalue weighted by Crippen LogP contribution is -2.69. The minimum absolute atomic E-state index is 0.00977. The van der Waals surface area contributed by atoms with Gasteiger partial charge in [0.2, 0.25) is 5.79 Å². The van der Waals surface area contributed by atoms with Crippen molar-refractivity contribution in [2.75, 3.05) is 0 Å². The highest BCUT2D eigenvalue weighted by molar-refractivity contribution is 5.67. The van der Waals surface area contributed by atoms with Crippen molar-refractivity contribution >= 4 is 5.97 Å². The fourth-order valence-electron chi connectivity index (χ4n) is 5.04. The Balaban J connectivity index is 1.72. The van der Waals surface area contributed by atoms with Crippen LogP contribution in [0.15, 0.2) is 0 Å². The molecule has 0 aromatic carbocycles. The lowest BCUT2D eigenvalue weighted by Gasteiger charge is -2.59. The molecule has 7 unspecified atom stereocenters. The van der Waals surface area contributed by atoms with Crippen LogP contribution < -0.4 is 0 Å². The van der Waals surface area contributed by atoms with Gasteiger partial charge in [-0.25, -0.2) is 9.78 Å². The van der Waals surface area contributed by atoms with Crippen molar-refractivity contribution < 1.29 is 29.1 Å². The Labute approximate surface area is 130 Å². The molecule has 0 aromatic heterocycles. The molecule has 6 nitrogen and oxygen atoms in total. The zero-order valence-corrected chi connectivity index (χ0v) is 13.1. The fourth-order valence-corrected chi connectivity index (χ4v) is 5.04. The van der Waals surface area contributed by atoms with E-state index in [1.54, 1.807) is 0 Å². The quantitative estimate of drug-likeness (QED) is 0.790. The monoisotopic (exact) mass is 312 g/mol. The minimum Gasteiger partial charge on any atom is -0.481 e. The molecule has 1 aliphatic carbocycles. The predicted molar refractivity (Wildman–Crippen MR) is 74.5 cm³/mol. The molecule has 0 aromatic rings. The second kappa shape index (κ2) is 4.90. The van der Waals surface area contributed by atoms with E-state index in [9.17, 15) is 4.79 Å². The minimum atomic E-state index is -0.831. The molecule has 124 valence electrons. The molecule has 4 heterocycles. The van der Waals surface area contributed by atoms with E-state index >= 15 is 0 Å². The molecule has 0 amide bonds. The van der Waals surface area contributed by atoms with E-state index in [4.69, 9.17) is 24.4 Å². The van der Waals surface area contributed by atoms with Crippen LogP contribution in [0, 0.1) is 17.8 Å². The van der Waals surface area contributed by atoms with Crippen LogP contribution in [0.4, 0.5) is 0 Å². The lowest BCUT2D eigenvalue weighted by atomic mass is 9.60. The molecule has 4 aliphatic heterocycles. The summed E-state index contributed by atoms with van der Waals surface area (Å²) in [6.45, 7) is 3.95. The summed E-state index contributed by atoms with van der Waals surface area (Å²) in [6.07, 6.45) is 4.19. The molecule has 1 spiro atoms. The first-order chi connectivity index (χ1) is 10.4. The van der Waals surface area contributed by atoms with Crippen LogP contribution in [0.5, 0.6) is 0 Å². The number of hydrogen-bond acceptors (Lipinski definition) is 5. The number of carbonyl (C=O) groups is 1. The molecule has 1 saturated carbocycles. The number of carboxylic acids is 1. The number of rotatable bonds is 2. The van der Waals surface area contributed by atoms with Crippen LogP contribution in [-0.2, 0) is 24.0 Å². The number of aliphatic carboxylic acids is 1. The zero-order valence-electron chi connectivity index (χ0n) is 13.1. The second-order valence-corrected chi connectivity index (χ2v) is 7.51. The largest absolute Gasteiger partial charge is 0.481 e. The molecule has 5 fully saturated rings. The summed E-state index contributed by atoms with van der Waals surface area (Å²) in [5.41, 5.74) is -0.567. The van der Waals surface area contributed by atoms with Crippen molar-refractivity contribution in [3.8, 4) is 0 Å². The van der Waals surface area contributed by atoms with Gasteiger partial charge < -0.3 is 14.6 Å². The second-order valence-electron chi connectivity index (χ2n) is 7.51. The van der Waals surface area contributed by atoms with Crippen LogP contribution in [0.3, 0.4) is 0 Å². The third-order valence-electron chi connectivity index (χ3n) is 6.21. The van der Waals surface area contributed by atoms with E-state index in [-0.39, 0.29) is 24.4 Å². The number of hydrogen-bond donors (Lipinski definition) is 1. The van der Waals surface area contributed by atoms with E-state index in [0.29, 0.717) is 5.92 Å². The molecule has 6 heteroatoms. The van der Waals surface area contributed by atoms with Crippen molar-refractivity contribution in [2.24, 2.45) is 17.8 Å². The molecule has 5 rings (SSSR count). The Bertz CT molecular complexity index is 481. The van der Waals surface area contributed by atoms with Crippen molar-refractivity contribution in [2.45, 2.75) is 76.2 Å². The molecule has 4 saturated heterocycles. The van der Waals surface area contributed by atoms with Gasteiger partial charge in [0.15, 0.2) is 11.9 Å². The molecule has 22 heavy (non-hydrogen) atoms. The normalized spacial score (nSPS) is 53.6. The van der Waals surface area contributed by atoms with Gasteiger partial charge in [-0.1, -0.05) is 13.3 Å². The Hall–Kier alpha value is -0.690. The van der Waals surface area contributed by atoms with Crippen molar-refractivity contribution in [1.29, 1.82) is 0 Å². The maximum atomic E-state index is 11.2. The van der Waals surface area contributed by atoms with Gasteiger partial charge in [0, 0.05) is 12.3 Å². The molecule has 1 N–H and O–H groups in total. The summed E-state index contributed by atoms with van der Waals surface area (Å²) in [4.78, 5) is 22.8. The van der Waals surface area contributed by atoms with Crippen molar-refractivity contribution in [1.82, 2.24) is 0 Å². The molecular weight excluding hydrogens is 288 g/mol. The van der Waals surface area contributed by atoms with Crippen LogP contribution in [0.25, 0.3) is 0 Å². The first kappa shape index (κ1) is 14.9. The number of fused-ring (bicyclic) bond motifs is 2. The predicted octanol–water partition coefficient (Wildman–Crippen LogP) is 2.47. The van der Waals surface area contributed by atoms with Gasteiger partial charge in [-0.15, -0.1) is 0 Å². The van der Waals surface area contributed by atoms with E-state index in [1.807, 2.05) is 6.92 Å². The first-order valence-corrected chi connectivity index (χ1v) is 8.36. The summed E-state index contributed by atoms with van der Waals surface area (Å²) in [6, 6.07) is 0. The summed E-state index contributed by atoms with van der Waals surface area (Å²) < 4.78 is 12.2. The third kappa shape index (κ3) is 1.97. The van der Waals surface area contributed by atoms with Crippen LogP contribution in [-0.4, -0.2) is 34.9 Å². The Morgan fingerprint density at radius 1 is 1.27 bits per heavy atom. The van der Waals surface area contributed by atoms with Gasteiger partial charge in [-0.2, -0.15) is 0 Å². The van der Waals surface area contributed by atoms with Gasteiger partial charge in [-0.05, 0) is 38.0 Å². The molecule has 0 radical (unpaired) electrons.